The van der Waals surface area contributed by atoms with Gasteiger partial charge in [-0.25, -0.2) is 4.98 Å². The summed E-state index contributed by atoms with van der Waals surface area (Å²) in [5.74, 6) is 1.61. The Morgan fingerprint density at radius 1 is 1.32 bits per heavy atom. The Kier molecular flexibility index (Phi) is 4.67. The highest BCUT2D eigenvalue weighted by Crippen LogP contribution is 2.35. The maximum atomic E-state index is 13.0. The molecule has 0 bridgehead atoms. The third-order valence-electron chi connectivity index (χ3n) is 4.84. The van der Waals surface area contributed by atoms with E-state index in [1.165, 1.54) is 36.1 Å². The van der Waals surface area contributed by atoms with Gasteiger partial charge in [0.05, 0.1) is 5.39 Å². The molecule has 4 heteroatoms. The number of aryl methyl sites for hydroxylation is 2. The molecule has 0 spiro atoms. The van der Waals surface area contributed by atoms with E-state index in [0.29, 0.717) is 0 Å². The maximum absolute atomic E-state index is 13.0. The molecule has 0 saturated heterocycles. The normalized spacial score (nSPS) is 17.9. The van der Waals surface area contributed by atoms with Crippen molar-refractivity contribution in [2.45, 2.75) is 72.3 Å². The molecule has 0 aliphatic heterocycles. The lowest BCUT2D eigenvalue weighted by Crippen LogP contribution is -2.24. The summed E-state index contributed by atoms with van der Waals surface area (Å²) in [6.07, 6.45) is 8.10. The Morgan fingerprint density at radius 2 is 2.14 bits per heavy atom. The van der Waals surface area contributed by atoms with E-state index >= 15 is 0 Å². The molecule has 1 aliphatic rings. The second kappa shape index (κ2) is 6.53. The van der Waals surface area contributed by atoms with E-state index in [2.05, 4.69) is 13.8 Å². The van der Waals surface area contributed by atoms with Gasteiger partial charge in [0.2, 0.25) is 0 Å². The van der Waals surface area contributed by atoms with Crippen molar-refractivity contribution >= 4 is 21.6 Å². The summed E-state index contributed by atoms with van der Waals surface area (Å²) >= 11 is 1.75. The van der Waals surface area contributed by atoms with E-state index in [-0.39, 0.29) is 5.56 Å². The van der Waals surface area contributed by atoms with E-state index in [9.17, 15) is 4.79 Å². The van der Waals surface area contributed by atoms with Crippen LogP contribution in [0.5, 0.6) is 0 Å². The van der Waals surface area contributed by atoms with Crippen molar-refractivity contribution in [3.63, 3.8) is 0 Å². The first kappa shape index (κ1) is 15.7. The van der Waals surface area contributed by atoms with E-state index in [4.69, 9.17) is 4.98 Å². The average Bonchev–Trinajstić information content (AvgIpc) is 2.83. The maximum Gasteiger partial charge on any atom is 0.262 e. The quantitative estimate of drug-likeness (QED) is 0.762. The Hall–Kier alpha value is -1.16. The Morgan fingerprint density at radius 3 is 2.91 bits per heavy atom. The number of nitrogens with zero attached hydrogens (tertiary/aromatic N) is 2. The standard InChI is InChI=1S/C18H26N2OS/c1-4-5-6-7-10-20-13(3)19-17-16(18(20)21)14-9-8-12(2)11-15(14)22-17/h12H,4-11H2,1-3H3. The third-order valence-corrected chi connectivity index (χ3v) is 5.99. The van der Waals surface area contributed by atoms with Gasteiger partial charge in [0.25, 0.3) is 5.56 Å². The van der Waals surface area contributed by atoms with Crippen molar-refractivity contribution in [1.82, 2.24) is 9.55 Å². The van der Waals surface area contributed by atoms with Crippen molar-refractivity contribution in [2.75, 3.05) is 0 Å². The third kappa shape index (κ3) is 2.85. The van der Waals surface area contributed by atoms with Crippen molar-refractivity contribution in [3.8, 4) is 0 Å². The van der Waals surface area contributed by atoms with Gasteiger partial charge in [-0.2, -0.15) is 0 Å². The molecule has 1 atom stereocenters. The molecular weight excluding hydrogens is 292 g/mol. The fraction of sp³-hybridized carbons (Fsp3) is 0.667. The predicted octanol–water partition coefficient (Wildman–Crippen LogP) is 4.47. The Balaban J connectivity index is 1.99. The van der Waals surface area contributed by atoms with Crippen LogP contribution in [0.25, 0.3) is 10.2 Å². The molecule has 2 aromatic rings. The average molecular weight is 318 g/mol. The molecule has 0 saturated carbocycles. The van der Waals surface area contributed by atoms with Gasteiger partial charge in [-0.1, -0.05) is 33.1 Å². The first-order valence-corrected chi connectivity index (χ1v) is 9.45. The monoisotopic (exact) mass is 318 g/mol. The minimum atomic E-state index is 0.200. The first-order valence-electron chi connectivity index (χ1n) is 8.63. The first-order chi connectivity index (χ1) is 10.6. The fourth-order valence-corrected chi connectivity index (χ4v) is 4.90. The smallest absolute Gasteiger partial charge is 0.262 e. The van der Waals surface area contributed by atoms with Crippen molar-refractivity contribution in [2.24, 2.45) is 5.92 Å². The number of thiophene rings is 1. The summed E-state index contributed by atoms with van der Waals surface area (Å²) in [7, 11) is 0. The van der Waals surface area contributed by atoms with Crippen LogP contribution in [0.2, 0.25) is 0 Å². The molecule has 2 heterocycles. The van der Waals surface area contributed by atoms with Crippen LogP contribution in [-0.2, 0) is 19.4 Å². The van der Waals surface area contributed by atoms with Crippen molar-refractivity contribution in [1.29, 1.82) is 0 Å². The molecular formula is C18H26N2OS. The molecule has 120 valence electrons. The fourth-order valence-electron chi connectivity index (χ4n) is 3.48. The van der Waals surface area contributed by atoms with E-state index in [1.807, 2.05) is 11.5 Å². The van der Waals surface area contributed by atoms with Crippen LogP contribution in [0, 0.1) is 12.8 Å². The van der Waals surface area contributed by atoms with Gasteiger partial charge in [-0.3, -0.25) is 9.36 Å². The van der Waals surface area contributed by atoms with Crippen LogP contribution in [0.3, 0.4) is 0 Å². The number of hydrogen-bond acceptors (Lipinski definition) is 3. The van der Waals surface area contributed by atoms with Gasteiger partial charge >= 0.3 is 0 Å². The van der Waals surface area contributed by atoms with Crippen LogP contribution < -0.4 is 5.56 Å². The van der Waals surface area contributed by atoms with Crippen molar-refractivity contribution in [3.05, 3.63) is 26.6 Å². The molecule has 3 nitrogen and oxygen atoms in total. The molecule has 2 aromatic heterocycles. The molecule has 1 aliphatic carbocycles. The zero-order valence-corrected chi connectivity index (χ0v) is 14.8. The van der Waals surface area contributed by atoms with E-state index in [0.717, 1.165) is 47.8 Å². The SMILES string of the molecule is CCCCCCn1c(C)nc2sc3c(c2c1=O)CCC(C)C3. The van der Waals surface area contributed by atoms with Crippen LogP contribution in [0.1, 0.15) is 62.2 Å². The number of fused-ring (bicyclic) bond motifs is 3. The highest BCUT2D eigenvalue weighted by atomic mass is 32.1. The van der Waals surface area contributed by atoms with Crippen molar-refractivity contribution < 1.29 is 0 Å². The van der Waals surface area contributed by atoms with Crippen LogP contribution >= 0.6 is 11.3 Å². The second-order valence-corrected chi connectivity index (χ2v) is 7.79. The number of aromatic nitrogens is 2. The number of unbranched alkanes of at least 4 members (excludes halogenated alkanes) is 3. The molecule has 0 N–H and O–H groups in total. The zero-order chi connectivity index (χ0) is 15.7. The van der Waals surface area contributed by atoms with Crippen LogP contribution in [-0.4, -0.2) is 9.55 Å². The molecule has 22 heavy (non-hydrogen) atoms. The summed E-state index contributed by atoms with van der Waals surface area (Å²) in [4.78, 5) is 20.1. The van der Waals surface area contributed by atoms with Gasteiger partial charge in [-0.15, -0.1) is 11.3 Å². The Labute approximate surface area is 136 Å². The summed E-state index contributed by atoms with van der Waals surface area (Å²) in [5.41, 5.74) is 1.50. The molecule has 3 rings (SSSR count). The minimum absolute atomic E-state index is 0.200. The van der Waals surface area contributed by atoms with Crippen LogP contribution in [0.4, 0.5) is 0 Å². The number of hydrogen-bond donors (Lipinski definition) is 0. The zero-order valence-electron chi connectivity index (χ0n) is 13.9. The summed E-state index contributed by atoms with van der Waals surface area (Å²) < 4.78 is 1.91. The molecule has 0 aromatic carbocycles. The summed E-state index contributed by atoms with van der Waals surface area (Å²) in [6, 6.07) is 0. The van der Waals surface area contributed by atoms with E-state index < -0.39 is 0 Å². The lowest BCUT2D eigenvalue weighted by Gasteiger charge is -2.17. The molecule has 0 fully saturated rings. The topological polar surface area (TPSA) is 34.9 Å². The summed E-state index contributed by atoms with van der Waals surface area (Å²) in [5, 5.41) is 0.924. The molecule has 1 unspecified atom stereocenters. The molecule has 0 radical (unpaired) electrons. The Bertz CT molecular complexity index is 729. The van der Waals surface area contributed by atoms with Gasteiger partial charge in [0.1, 0.15) is 10.7 Å². The van der Waals surface area contributed by atoms with Gasteiger partial charge in [0.15, 0.2) is 0 Å². The molecule has 0 amide bonds. The van der Waals surface area contributed by atoms with Gasteiger partial charge < -0.3 is 0 Å². The lowest BCUT2D eigenvalue weighted by molar-refractivity contribution is 0.508. The van der Waals surface area contributed by atoms with Crippen LogP contribution in [0.15, 0.2) is 4.79 Å². The lowest BCUT2D eigenvalue weighted by atomic mass is 9.89. The predicted molar refractivity (Wildman–Crippen MR) is 93.9 cm³/mol. The highest BCUT2D eigenvalue weighted by Gasteiger charge is 2.23. The summed E-state index contributed by atoms with van der Waals surface area (Å²) in [6.45, 7) is 7.30. The van der Waals surface area contributed by atoms with Gasteiger partial charge in [0, 0.05) is 11.4 Å². The highest BCUT2D eigenvalue weighted by molar-refractivity contribution is 7.18. The minimum Gasteiger partial charge on any atom is -0.296 e. The number of rotatable bonds is 5. The second-order valence-electron chi connectivity index (χ2n) is 6.71. The van der Waals surface area contributed by atoms with Gasteiger partial charge in [-0.05, 0) is 44.1 Å². The largest absolute Gasteiger partial charge is 0.296 e. The van der Waals surface area contributed by atoms with E-state index in [1.54, 1.807) is 11.3 Å².